The van der Waals surface area contributed by atoms with Gasteiger partial charge in [-0.15, -0.1) is 0 Å². The minimum absolute atomic E-state index is 0. The number of phosphoric acid groups is 1. The van der Waals surface area contributed by atoms with E-state index in [1.807, 2.05) is 0 Å². The molecule has 0 heterocycles. The van der Waals surface area contributed by atoms with Crippen LogP contribution >= 0.6 is 7.82 Å². The van der Waals surface area contributed by atoms with Gasteiger partial charge in [0.05, 0.1) is 7.82 Å². The smallest absolute Gasteiger partial charge is 0.788 e. The molecule has 38 valence electrons. The Hall–Kier alpha value is 1.64. The van der Waals surface area contributed by atoms with Crippen molar-refractivity contribution < 1.29 is 24.3 Å². The Kier molecular flexibility index (Phi) is 7.38. The van der Waals surface area contributed by atoms with Crippen LogP contribution in [0.15, 0.2) is 0 Å². The van der Waals surface area contributed by atoms with Crippen molar-refractivity contribution in [1.82, 2.24) is 0 Å². The van der Waals surface area contributed by atoms with E-state index in [0.717, 1.165) is 0 Å². The Labute approximate surface area is 79.9 Å². The number of hydrogen-bond acceptors (Lipinski definition) is 5. The van der Waals surface area contributed by atoms with Crippen molar-refractivity contribution in [2.75, 3.05) is 0 Å². The second kappa shape index (κ2) is 4.51. The summed E-state index contributed by atoms with van der Waals surface area (Å²) in [6.45, 7) is 0. The minimum Gasteiger partial charge on any atom is -0.788 e. The zero-order valence-electron chi connectivity index (χ0n) is 3.23. The predicted octanol–water partition coefficient (Wildman–Crippen LogP) is -2.08. The largest absolute Gasteiger partial charge is 2.00 e. The van der Waals surface area contributed by atoms with Gasteiger partial charge in [0.15, 0.2) is 0 Å². The molecule has 0 aliphatic heterocycles. The fraction of sp³-hybridized carbons (Fsp3) is 0. The number of rotatable bonds is 1. The molecule has 0 spiro atoms. The molecule has 0 radical (unpaired) electrons. The molecule has 0 aliphatic rings. The van der Waals surface area contributed by atoms with Crippen LogP contribution in [0, 0.1) is 0 Å². The van der Waals surface area contributed by atoms with E-state index in [9.17, 15) is 0 Å². The van der Waals surface area contributed by atoms with E-state index >= 15 is 0 Å². The van der Waals surface area contributed by atoms with Gasteiger partial charge >= 0.3 is 48.9 Å². The standard InChI is InChI=1S/Ba.H3O5P/c;1-5-6(2,3)4/h;1H,(H2,2,3,4)/q+2;/p-2. The maximum absolute atomic E-state index is 9.00. The van der Waals surface area contributed by atoms with E-state index in [1.165, 1.54) is 0 Å². The van der Waals surface area contributed by atoms with Gasteiger partial charge in [-0.05, 0) is 0 Å². The molecule has 0 bridgehead atoms. The maximum atomic E-state index is 9.00. The summed E-state index contributed by atoms with van der Waals surface area (Å²) in [6.07, 6.45) is 0. The molecular formula is HBaO5P. The molecule has 0 aromatic rings. The van der Waals surface area contributed by atoms with Crippen LogP contribution in [0.4, 0.5) is 0 Å². The molecule has 5 nitrogen and oxygen atoms in total. The monoisotopic (exact) mass is 250 g/mol. The van der Waals surface area contributed by atoms with E-state index in [-0.39, 0.29) is 48.9 Å². The summed E-state index contributed by atoms with van der Waals surface area (Å²) in [6, 6.07) is 0. The number of hydrogen-bond donors (Lipinski definition) is 1. The fourth-order valence-corrected chi connectivity index (χ4v) is 0. The molecule has 0 rings (SSSR count). The quantitative estimate of drug-likeness (QED) is 0.249. The Balaban J connectivity index is 0. The topological polar surface area (TPSA) is 92.7 Å². The average Bonchev–Trinajstić information content (AvgIpc) is 1.35. The third kappa shape index (κ3) is 11.3. The van der Waals surface area contributed by atoms with Crippen LogP contribution in [0.25, 0.3) is 0 Å². The molecule has 0 aromatic heterocycles. The van der Waals surface area contributed by atoms with Crippen LogP contribution in [0.5, 0.6) is 0 Å². The Morgan fingerprint density at radius 1 is 1.57 bits per heavy atom. The normalized spacial score (nSPS) is 10.1. The molecule has 7 heteroatoms. The van der Waals surface area contributed by atoms with Crippen LogP contribution in [-0.2, 0) is 9.24 Å². The molecule has 7 heavy (non-hydrogen) atoms. The molecule has 0 amide bonds. The molecule has 0 atom stereocenters. The van der Waals surface area contributed by atoms with Crippen molar-refractivity contribution in [1.29, 1.82) is 0 Å². The zero-order chi connectivity index (χ0) is 5.21. The van der Waals surface area contributed by atoms with E-state index in [4.69, 9.17) is 19.6 Å². The summed E-state index contributed by atoms with van der Waals surface area (Å²) >= 11 is 0. The van der Waals surface area contributed by atoms with Crippen LogP contribution in [-0.4, -0.2) is 54.1 Å². The summed E-state index contributed by atoms with van der Waals surface area (Å²) in [5.41, 5.74) is 0. The summed E-state index contributed by atoms with van der Waals surface area (Å²) in [4.78, 5) is 18.0. The van der Waals surface area contributed by atoms with Gasteiger partial charge in [-0.3, -0.25) is 0 Å². The summed E-state index contributed by atoms with van der Waals surface area (Å²) < 4.78 is 11.4. The van der Waals surface area contributed by atoms with Gasteiger partial charge in [-0.1, -0.05) is 0 Å². The van der Waals surface area contributed by atoms with Gasteiger partial charge in [-0.2, -0.15) is 0 Å². The van der Waals surface area contributed by atoms with E-state index < -0.39 is 7.82 Å². The van der Waals surface area contributed by atoms with Crippen LogP contribution in [0.2, 0.25) is 0 Å². The summed E-state index contributed by atoms with van der Waals surface area (Å²) in [5.74, 6) is 0. The predicted molar refractivity (Wildman–Crippen MR) is 17.1 cm³/mol. The fourth-order valence-electron chi connectivity index (χ4n) is 0. The molecule has 0 aromatic carbocycles. The van der Waals surface area contributed by atoms with Gasteiger partial charge < -0.3 is 14.4 Å². The van der Waals surface area contributed by atoms with Crippen LogP contribution in [0.1, 0.15) is 0 Å². The SMILES string of the molecule is O=P([O-])([O-])OO.[Ba+2]. The second-order valence-electron chi connectivity index (χ2n) is 0.529. The zero-order valence-corrected chi connectivity index (χ0v) is 8.57. The van der Waals surface area contributed by atoms with Gasteiger partial charge in [0.1, 0.15) is 0 Å². The Morgan fingerprint density at radius 2 is 1.71 bits per heavy atom. The first kappa shape index (κ1) is 11.4. The molecule has 1 N–H and O–H groups in total. The molecule has 0 unspecified atom stereocenters. The van der Waals surface area contributed by atoms with Crippen LogP contribution in [0.3, 0.4) is 0 Å². The first-order valence-corrected chi connectivity index (χ1v) is 2.37. The first-order valence-electron chi connectivity index (χ1n) is 0.913. The van der Waals surface area contributed by atoms with Crippen molar-refractivity contribution >= 4 is 56.7 Å². The Morgan fingerprint density at radius 3 is 1.71 bits per heavy atom. The first-order chi connectivity index (χ1) is 2.56. The van der Waals surface area contributed by atoms with E-state index in [0.29, 0.717) is 0 Å². The Bertz CT molecular complexity index is 72.1. The van der Waals surface area contributed by atoms with Crippen molar-refractivity contribution in [2.24, 2.45) is 0 Å². The van der Waals surface area contributed by atoms with Crippen molar-refractivity contribution in [3.63, 3.8) is 0 Å². The summed E-state index contributed by atoms with van der Waals surface area (Å²) in [5, 5.41) is 7.01. The van der Waals surface area contributed by atoms with Gasteiger partial charge in [0.2, 0.25) is 0 Å². The van der Waals surface area contributed by atoms with Gasteiger partial charge in [0, 0.05) is 0 Å². The summed E-state index contributed by atoms with van der Waals surface area (Å²) in [7, 11) is -5.09. The minimum atomic E-state index is -5.09. The average molecular weight is 249 g/mol. The van der Waals surface area contributed by atoms with Crippen LogP contribution < -0.4 is 9.79 Å². The third-order valence-electron chi connectivity index (χ3n) is 0.100. The van der Waals surface area contributed by atoms with Crippen molar-refractivity contribution in [2.45, 2.75) is 0 Å². The van der Waals surface area contributed by atoms with E-state index in [2.05, 4.69) is 4.67 Å². The molecular weight excluding hydrogens is 248 g/mol. The van der Waals surface area contributed by atoms with E-state index in [1.54, 1.807) is 0 Å². The third-order valence-corrected chi connectivity index (χ3v) is 0.300. The van der Waals surface area contributed by atoms with Gasteiger partial charge in [-0.25, -0.2) is 9.93 Å². The molecule has 0 saturated carbocycles. The van der Waals surface area contributed by atoms with Crippen molar-refractivity contribution in [3.8, 4) is 0 Å². The molecule has 0 fully saturated rings. The molecule has 0 saturated heterocycles. The maximum Gasteiger partial charge on any atom is 2.00 e. The second-order valence-corrected chi connectivity index (χ2v) is 1.59. The molecule has 0 aliphatic carbocycles. The van der Waals surface area contributed by atoms with Gasteiger partial charge in [0.25, 0.3) is 0 Å². The van der Waals surface area contributed by atoms with Crippen molar-refractivity contribution in [3.05, 3.63) is 0 Å².